The molecular weight excluding hydrogens is 492 g/mol. The van der Waals surface area contributed by atoms with Gasteiger partial charge in [-0.2, -0.15) is 0 Å². The monoisotopic (exact) mass is 522 g/mol. The first-order valence-electron chi connectivity index (χ1n) is 13.3. The van der Waals surface area contributed by atoms with E-state index in [4.69, 9.17) is 4.42 Å². The lowest BCUT2D eigenvalue weighted by Gasteiger charge is -2.43. The zero-order valence-corrected chi connectivity index (χ0v) is 21.7. The van der Waals surface area contributed by atoms with Gasteiger partial charge >= 0.3 is 0 Å². The van der Waals surface area contributed by atoms with E-state index in [1.165, 1.54) is 28.8 Å². The number of carbonyl (C=O) groups excluding carboxylic acids is 1. The molecule has 2 fully saturated rings. The van der Waals surface area contributed by atoms with E-state index >= 15 is 0 Å². The fourth-order valence-corrected chi connectivity index (χ4v) is 6.73. The number of hydrogen-bond donors (Lipinski definition) is 3. The Morgan fingerprint density at radius 2 is 1.69 bits per heavy atom. The molecule has 0 radical (unpaired) electrons. The number of hydrogen-bond acceptors (Lipinski definition) is 6. The second-order valence-electron chi connectivity index (χ2n) is 11.0. The van der Waals surface area contributed by atoms with Crippen molar-refractivity contribution in [1.82, 2.24) is 0 Å². The number of carbonyl (C=O) groups is 1. The Balaban J connectivity index is 0.000000142. The molecule has 7 rings (SSSR count). The molecule has 1 aromatic heterocycles. The van der Waals surface area contributed by atoms with Crippen molar-refractivity contribution in [2.75, 3.05) is 0 Å². The summed E-state index contributed by atoms with van der Waals surface area (Å²) in [6.07, 6.45) is 7.11. The first-order chi connectivity index (χ1) is 18.7. The molecule has 3 aromatic carbocycles. The molecule has 0 aliphatic heterocycles. The van der Waals surface area contributed by atoms with E-state index < -0.39 is 0 Å². The van der Waals surface area contributed by atoms with Crippen LogP contribution in [0.1, 0.15) is 49.7 Å². The number of fused-ring (bicyclic) bond motifs is 6. The minimum absolute atomic E-state index is 0.0671. The highest BCUT2D eigenvalue weighted by Gasteiger charge is 2.52. The number of Topliss-reactive ketones (excluding diaryl/α,β-unsaturated/α-hetero) is 1. The smallest absolute Gasteiger partial charge is 0.197 e. The van der Waals surface area contributed by atoms with Gasteiger partial charge in [-0.15, -0.1) is 0 Å². The van der Waals surface area contributed by atoms with Gasteiger partial charge in [0, 0.05) is 41.5 Å². The van der Waals surface area contributed by atoms with Gasteiger partial charge in [-0.25, -0.2) is 0 Å². The van der Waals surface area contributed by atoms with E-state index in [0.29, 0.717) is 29.1 Å². The molecule has 3 N–H and O–H groups in total. The average molecular weight is 523 g/mol. The van der Waals surface area contributed by atoms with Gasteiger partial charge in [0.1, 0.15) is 39.8 Å². The number of phenols is 3. The van der Waals surface area contributed by atoms with Crippen LogP contribution in [0.5, 0.6) is 17.2 Å². The lowest BCUT2D eigenvalue weighted by atomic mass is 9.60. The lowest BCUT2D eigenvalue weighted by molar-refractivity contribution is -0.126. The highest BCUT2D eigenvalue weighted by Crippen LogP contribution is 2.57. The minimum atomic E-state index is -0.349. The largest absolute Gasteiger partial charge is 0.508 e. The first kappa shape index (κ1) is 25.0. The molecule has 2 saturated carbocycles. The summed E-state index contributed by atoms with van der Waals surface area (Å²) in [5.74, 6) is 1.71. The van der Waals surface area contributed by atoms with Gasteiger partial charge in [0.15, 0.2) is 5.43 Å². The molecule has 6 nitrogen and oxygen atoms in total. The van der Waals surface area contributed by atoms with Gasteiger partial charge in [0.05, 0.1) is 0 Å². The Morgan fingerprint density at radius 3 is 2.49 bits per heavy atom. The van der Waals surface area contributed by atoms with E-state index in [1.807, 2.05) is 36.4 Å². The quantitative estimate of drug-likeness (QED) is 0.243. The molecule has 3 unspecified atom stereocenters. The molecule has 6 heteroatoms. The third-order valence-corrected chi connectivity index (χ3v) is 8.74. The molecule has 4 aromatic rings. The molecule has 3 aliphatic rings. The van der Waals surface area contributed by atoms with Crippen molar-refractivity contribution in [3.63, 3.8) is 0 Å². The van der Waals surface area contributed by atoms with Crippen LogP contribution < -0.4 is 5.43 Å². The van der Waals surface area contributed by atoms with E-state index in [2.05, 4.69) is 19.1 Å². The van der Waals surface area contributed by atoms with Crippen LogP contribution >= 0.6 is 0 Å². The van der Waals surface area contributed by atoms with Crippen LogP contribution in [-0.2, 0) is 11.2 Å². The predicted molar refractivity (Wildman–Crippen MR) is 149 cm³/mol. The molecular formula is C33H30O6. The minimum Gasteiger partial charge on any atom is -0.508 e. The summed E-state index contributed by atoms with van der Waals surface area (Å²) >= 11 is 0. The van der Waals surface area contributed by atoms with Crippen molar-refractivity contribution >= 4 is 16.8 Å². The predicted octanol–water partition coefficient (Wildman–Crippen LogP) is 6.61. The summed E-state index contributed by atoms with van der Waals surface area (Å²) in [5, 5.41) is 28.8. The van der Waals surface area contributed by atoms with Crippen LogP contribution in [-0.4, -0.2) is 21.1 Å². The maximum absolute atomic E-state index is 12.2. The molecule has 0 amide bonds. The summed E-state index contributed by atoms with van der Waals surface area (Å²) < 4.78 is 5.57. The van der Waals surface area contributed by atoms with Gasteiger partial charge in [0.25, 0.3) is 0 Å². The van der Waals surface area contributed by atoms with E-state index in [0.717, 1.165) is 43.7 Å². The topological polar surface area (TPSA) is 108 Å². The number of benzene rings is 3. The number of rotatable bonds is 1. The number of phenolic OH excluding ortho intramolecular Hbond substituents is 3. The van der Waals surface area contributed by atoms with Crippen molar-refractivity contribution in [3.05, 3.63) is 99.7 Å². The second-order valence-corrected chi connectivity index (χ2v) is 11.0. The van der Waals surface area contributed by atoms with Crippen LogP contribution in [0.3, 0.4) is 0 Å². The first-order valence-corrected chi connectivity index (χ1v) is 13.3. The standard InChI is InChI=1S/C18H20O2.C15H10O4/c1-18-9-8-14-13-5-3-12(19)10-11(13)2-4-15(14)16(18)6-7-17(18)20;16-10-6-11(17)15-12(18)8-13(19-14(15)7-10)9-4-2-1-3-5-9/h3-5,10,14,16,19H,2,6-9H2,1H3;1-8,16-17H. The van der Waals surface area contributed by atoms with Crippen molar-refractivity contribution < 1.29 is 24.5 Å². The number of ketones is 1. The summed E-state index contributed by atoms with van der Waals surface area (Å²) in [5.41, 5.74) is 4.60. The van der Waals surface area contributed by atoms with E-state index in [-0.39, 0.29) is 33.3 Å². The molecule has 0 spiro atoms. The van der Waals surface area contributed by atoms with Crippen LogP contribution in [0, 0.1) is 11.3 Å². The van der Waals surface area contributed by atoms with Gasteiger partial charge < -0.3 is 19.7 Å². The average Bonchev–Trinajstić information content (AvgIpc) is 3.22. The van der Waals surface area contributed by atoms with Crippen LogP contribution in [0.25, 0.3) is 22.3 Å². The third-order valence-electron chi connectivity index (χ3n) is 8.74. The summed E-state index contributed by atoms with van der Waals surface area (Å²) in [7, 11) is 0. The van der Waals surface area contributed by atoms with Gasteiger partial charge in [-0.3, -0.25) is 9.59 Å². The van der Waals surface area contributed by atoms with Crippen molar-refractivity contribution in [2.24, 2.45) is 11.3 Å². The summed E-state index contributed by atoms with van der Waals surface area (Å²) in [6.45, 7) is 2.18. The zero-order valence-electron chi connectivity index (χ0n) is 21.7. The normalized spacial score (nSPS) is 23.2. The third kappa shape index (κ3) is 4.30. The fraction of sp³-hybridized carbons (Fsp3) is 0.273. The van der Waals surface area contributed by atoms with Crippen LogP contribution in [0.15, 0.2) is 87.6 Å². The molecule has 39 heavy (non-hydrogen) atoms. The Hall–Kier alpha value is -4.32. The highest BCUT2D eigenvalue weighted by atomic mass is 16.3. The molecule has 198 valence electrons. The zero-order chi connectivity index (χ0) is 27.3. The summed E-state index contributed by atoms with van der Waals surface area (Å²) in [6, 6.07) is 18.7. The molecule has 0 bridgehead atoms. The van der Waals surface area contributed by atoms with Crippen LogP contribution in [0.2, 0.25) is 0 Å². The summed E-state index contributed by atoms with van der Waals surface area (Å²) in [4.78, 5) is 24.2. The molecule has 0 saturated heterocycles. The van der Waals surface area contributed by atoms with Gasteiger partial charge in [0.2, 0.25) is 0 Å². The van der Waals surface area contributed by atoms with Gasteiger partial charge in [-0.1, -0.05) is 55.0 Å². The Kier molecular flexibility index (Phi) is 6.06. The Labute approximate surface area is 225 Å². The van der Waals surface area contributed by atoms with Crippen molar-refractivity contribution in [1.29, 1.82) is 0 Å². The maximum Gasteiger partial charge on any atom is 0.197 e. The van der Waals surface area contributed by atoms with Crippen molar-refractivity contribution in [3.8, 4) is 28.6 Å². The fourth-order valence-electron chi connectivity index (χ4n) is 6.73. The maximum atomic E-state index is 12.2. The Bertz CT molecular complexity index is 1680. The molecule has 3 aliphatic carbocycles. The SMILES string of the molecule is CC12CCC3C(=CCc4cc(O)ccc43)C1CCC2=O.O=c1cc(-c2ccccc2)oc2cc(O)cc(O)c12. The highest BCUT2D eigenvalue weighted by molar-refractivity contribution is 5.88. The lowest BCUT2D eigenvalue weighted by Crippen LogP contribution is -2.37. The second kappa shape index (κ2) is 9.45. The number of aromatic hydroxyl groups is 3. The van der Waals surface area contributed by atoms with Crippen molar-refractivity contribution in [2.45, 2.75) is 44.9 Å². The number of allylic oxidation sites excluding steroid dienone is 2. The molecule has 1 heterocycles. The Morgan fingerprint density at radius 1 is 0.897 bits per heavy atom. The van der Waals surface area contributed by atoms with E-state index in [1.54, 1.807) is 6.07 Å². The van der Waals surface area contributed by atoms with Crippen LogP contribution in [0.4, 0.5) is 0 Å². The van der Waals surface area contributed by atoms with E-state index in [9.17, 15) is 24.9 Å². The van der Waals surface area contributed by atoms with Gasteiger partial charge in [-0.05, 0) is 54.9 Å². The molecule has 3 atom stereocenters.